The molecule has 1 amide bonds. The second-order valence-corrected chi connectivity index (χ2v) is 10.2. The van der Waals surface area contributed by atoms with Crippen molar-refractivity contribution >= 4 is 11.6 Å². The first-order valence-electron chi connectivity index (χ1n) is 13.3. The van der Waals surface area contributed by atoms with Gasteiger partial charge in [-0.15, -0.1) is 0 Å². The SMILES string of the molecule is O=C(c1cc(-c2ccc3c(c2)CCC3=NO)c(-c2ccncc2)o1)N1CCN(CCN2CCCC2)CC1. The molecule has 2 fully saturated rings. The normalized spacial score (nSPS) is 19.6. The Morgan fingerprint density at radius 2 is 1.59 bits per heavy atom. The Morgan fingerprint density at radius 3 is 2.32 bits per heavy atom. The lowest BCUT2D eigenvalue weighted by Crippen LogP contribution is -2.50. The van der Waals surface area contributed by atoms with E-state index in [0.29, 0.717) is 24.6 Å². The number of fused-ring (bicyclic) bond motifs is 1. The fourth-order valence-electron chi connectivity index (χ4n) is 5.79. The van der Waals surface area contributed by atoms with Crippen molar-refractivity contribution in [1.29, 1.82) is 0 Å². The number of hydrogen-bond donors (Lipinski definition) is 1. The summed E-state index contributed by atoms with van der Waals surface area (Å²) in [6.07, 6.45) is 7.66. The average molecular weight is 500 g/mol. The van der Waals surface area contributed by atoms with Crippen LogP contribution in [0.3, 0.4) is 0 Å². The topological polar surface area (TPSA) is 85.4 Å². The van der Waals surface area contributed by atoms with Crippen LogP contribution in [0.4, 0.5) is 0 Å². The number of aryl methyl sites for hydroxylation is 1. The Kier molecular flexibility index (Phi) is 6.76. The molecule has 0 unspecified atom stereocenters. The Labute approximate surface area is 217 Å². The first-order chi connectivity index (χ1) is 18.2. The molecule has 1 N–H and O–H groups in total. The van der Waals surface area contributed by atoms with Crippen LogP contribution in [-0.4, -0.2) is 88.9 Å². The molecule has 3 aromatic rings. The van der Waals surface area contributed by atoms with E-state index in [0.717, 1.165) is 72.5 Å². The number of pyridine rings is 1. The minimum Gasteiger partial charge on any atom is -0.450 e. The molecule has 0 spiro atoms. The van der Waals surface area contributed by atoms with Crippen LogP contribution in [0, 0.1) is 0 Å². The zero-order valence-corrected chi connectivity index (χ0v) is 21.1. The highest BCUT2D eigenvalue weighted by atomic mass is 16.4. The minimum absolute atomic E-state index is 0.0587. The number of benzene rings is 1. The van der Waals surface area contributed by atoms with E-state index in [2.05, 4.69) is 26.0 Å². The van der Waals surface area contributed by atoms with E-state index in [4.69, 9.17) is 4.42 Å². The van der Waals surface area contributed by atoms with E-state index >= 15 is 0 Å². The molecule has 192 valence electrons. The van der Waals surface area contributed by atoms with E-state index in [-0.39, 0.29) is 5.91 Å². The number of aromatic nitrogens is 1. The summed E-state index contributed by atoms with van der Waals surface area (Å²) in [5.74, 6) is 0.978. The summed E-state index contributed by atoms with van der Waals surface area (Å²) < 4.78 is 6.27. The van der Waals surface area contributed by atoms with Gasteiger partial charge in [0, 0.05) is 68.4 Å². The lowest BCUT2D eigenvalue weighted by Gasteiger charge is -2.35. The van der Waals surface area contributed by atoms with Crippen LogP contribution in [0.2, 0.25) is 0 Å². The molecule has 1 aromatic carbocycles. The summed E-state index contributed by atoms with van der Waals surface area (Å²) in [5, 5.41) is 12.7. The van der Waals surface area contributed by atoms with Gasteiger partial charge in [0.1, 0.15) is 5.76 Å². The van der Waals surface area contributed by atoms with E-state index < -0.39 is 0 Å². The smallest absolute Gasteiger partial charge is 0.289 e. The second kappa shape index (κ2) is 10.5. The van der Waals surface area contributed by atoms with E-state index in [9.17, 15) is 10.0 Å². The molecule has 0 atom stereocenters. The summed E-state index contributed by atoms with van der Waals surface area (Å²) in [6, 6.07) is 11.8. The predicted octanol–water partition coefficient (Wildman–Crippen LogP) is 3.99. The zero-order chi connectivity index (χ0) is 25.2. The summed E-state index contributed by atoms with van der Waals surface area (Å²) in [4.78, 5) is 24.6. The maximum atomic E-state index is 13.5. The molecular formula is C29H33N5O3. The molecule has 0 saturated carbocycles. The molecule has 2 aliphatic heterocycles. The van der Waals surface area contributed by atoms with Gasteiger partial charge in [-0.25, -0.2) is 0 Å². The number of rotatable bonds is 6. The highest BCUT2D eigenvalue weighted by molar-refractivity contribution is 6.05. The van der Waals surface area contributed by atoms with E-state index in [1.807, 2.05) is 35.2 Å². The van der Waals surface area contributed by atoms with Gasteiger partial charge in [0.25, 0.3) is 5.91 Å². The third kappa shape index (κ3) is 4.91. The van der Waals surface area contributed by atoms with Crippen LogP contribution in [-0.2, 0) is 6.42 Å². The fourth-order valence-corrected chi connectivity index (χ4v) is 5.79. The summed E-state index contributed by atoms with van der Waals surface area (Å²) in [6.45, 7) is 7.84. The summed E-state index contributed by atoms with van der Waals surface area (Å²) in [7, 11) is 0. The molecular weight excluding hydrogens is 466 g/mol. The number of hydrogen-bond acceptors (Lipinski definition) is 7. The Morgan fingerprint density at radius 1 is 0.865 bits per heavy atom. The van der Waals surface area contributed by atoms with Crippen molar-refractivity contribution in [3.8, 4) is 22.5 Å². The number of oxime groups is 1. The van der Waals surface area contributed by atoms with Gasteiger partial charge in [0.15, 0.2) is 5.76 Å². The van der Waals surface area contributed by atoms with Gasteiger partial charge in [0.05, 0.1) is 5.71 Å². The zero-order valence-electron chi connectivity index (χ0n) is 21.1. The number of carbonyl (C=O) groups excluding carboxylic acids is 1. The van der Waals surface area contributed by atoms with Gasteiger partial charge in [0.2, 0.25) is 0 Å². The standard InChI is InChI=1S/C29H33N5O3/c35-29(34-17-15-33(16-18-34)14-13-32-11-1-2-12-32)27-20-25(28(37-27)21-7-9-30-10-8-21)23-3-5-24-22(19-23)4-6-26(24)31-36/h3,5,7-10,19-20,36H,1-2,4,6,11-18H2. The van der Waals surface area contributed by atoms with Crippen LogP contribution in [0.5, 0.6) is 0 Å². The predicted molar refractivity (Wildman–Crippen MR) is 142 cm³/mol. The lowest BCUT2D eigenvalue weighted by molar-refractivity contribution is 0.0597. The van der Waals surface area contributed by atoms with Gasteiger partial charge in [-0.3, -0.25) is 14.7 Å². The third-order valence-corrected chi connectivity index (χ3v) is 7.96. The van der Waals surface area contributed by atoms with Gasteiger partial charge < -0.3 is 19.4 Å². The maximum absolute atomic E-state index is 13.5. The molecule has 2 saturated heterocycles. The van der Waals surface area contributed by atoms with Crippen molar-refractivity contribution in [3.05, 3.63) is 65.7 Å². The third-order valence-electron chi connectivity index (χ3n) is 7.96. The van der Waals surface area contributed by atoms with Gasteiger partial charge >= 0.3 is 0 Å². The second-order valence-electron chi connectivity index (χ2n) is 10.2. The van der Waals surface area contributed by atoms with Crippen molar-refractivity contribution in [2.75, 3.05) is 52.4 Å². The molecule has 8 heteroatoms. The number of nitrogens with zero attached hydrogens (tertiary/aromatic N) is 5. The average Bonchev–Trinajstić information content (AvgIpc) is 3.72. The van der Waals surface area contributed by atoms with Crippen LogP contribution in [0.1, 0.15) is 40.9 Å². The largest absolute Gasteiger partial charge is 0.450 e. The summed E-state index contributed by atoms with van der Waals surface area (Å²) in [5.41, 5.74) is 5.60. The van der Waals surface area contributed by atoms with Crippen LogP contribution in [0.15, 0.2) is 58.4 Å². The van der Waals surface area contributed by atoms with Crippen molar-refractivity contribution in [2.24, 2.45) is 5.16 Å². The van der Waals surface area contributed by atoms with Crippen molar-refractivity contribution < 1.29 is 14.4 Å². The molecule has 0 bridgehead atoms. The maximum Gasteiger partial charge on any atom is 0.289 e. The fraction of sp³-hybridized carbons (Fsp3) is 0.414. The highest BCUT2D eigenvalue weighted by Crippen LogP contribution is 2.37. The van der Waals surface area contributed by atoms with Gasteiger partial charge in [-0.05, 0) is 68.1 Å². The molecule has 0 radical (unpaired) electrons. The lowest BCUT2D eigenvalue weighted by atomic mass is 9.98. The Bertz CT molecular complexity index is 1290. The van der Waals surface area contributed by atoms with Gasteiger partial charge in [-0.1, -0.05) is 23.4 Å². The molecule has 37 heavy (non-hydrogen) atoms. The van der Waals surface area contributed by atoms with Crippen LogP contribution in [0.25, 0.3) is 22.5 Å². The van der Waals surface area contributed by atoms with Crippen LogP contribution >= 0.6 is 0 Å². The molecule has 8 nitrogen and oxygen atoms in total. The number of furan rings is 1. The molecule has 1 aliphatic carbocycles. The minimum atomic E-state index is -0.0587. The number of likely N-dealkylation sites (tertiary alicyclic amines) is 1. The van der Waals surface area contributed by atoms with Crippen molar-refractivity contribution in [2.45, 2.75) is 25.7 Å². The van der Waals surface area contributed by atoms with E-state index in [1.54, 1.807) is 12.4 Å². The first-order valence-corrected chi connectivity index (χ1v) is 13.3. The van der Waals surface area contributed by atoms with Crippen LogP contribution < -0.4 is 0 Å². The summed E-state index contributed by atoms with van der Waals surface area (Å²) >= 11 is 0. The number of carbonyl (C=O) groups is 1. The monoisotopic (exact) mass is 499 g/mol. The quantitative estimate of drug-likeness (QED) is 0.408. The van der Waals surface area contributed by atoms with Crippen molar-refractivity contribution in [3.63, 3.8) is 0 Å². The molecule has 6 rings (SSSR count). The molecule has 4 heterocycles. The Balaban J connectivity index is 1.22. The van der Waals surface area contributed by atoms with Crippen molar-refractivity contribution in [1.82, 2.24) is 19.7 Å². The Hall–Kier alpha value is -3.49. The molecule has 2 aromatic heterocycles. The number of piperazine rings is 1. The van der Waals surface area contributed by atoms with E-state index in [1.165, 1.54) is 25.9 Å². The first kappa shape index (κ1) is 23.9. The highest BCUT2D eigenvalue weighted by Gasteiger charge is 2.28. The number of amides is 1. The molecule has 3 aliphatic rings. The van der Waals surface area contributed by atoms with Gasteiger partial charge in [-0.2, -0.15) is 0 Å².